The standard InChI is InChI=1S/C26H31NO3/c1-7-9-18-15-23-22(25(3,4)17-26(5,6)30-23)14-19(18)10-12-21-13-11-20(16-27-21)24(28)29-8-2/h11,13-16H,7-9,17H2,1-6H3. The number of rotatable bonds is 4. The maximum absolute atomic E-state index is 11.8. The monoisotopic (exact) mass is 405 g/mol. The molecule has 0 aliphatic carbocycles. The minimum Gasteiger partial charge on any atom is -0.488 e. The molecule has 30 heavy (non-hydrogen) atoms. The molecule has 4 nitrogen and oxygen atoms in total. The third kappa shape index (κ3) is 4.84. The van der Waals surface area contributed by atoms with Gasteiger partial charge in [-0.3, -0.25) is 0 Å². The lowest BCUT2D eigenvalue weighted by atomic mass is 9.73. The van der Waals surface area contributed by atoms with E-state index in [9.17, 15) is 4.79 Å². The molecule has 0 bridgehead atoms. The highest BCUT2D eigenvalue weighted by Crippen LogP contribution is 2.45. The first kappa shape index (κ1) is 21.9. The average molecular weight is 406 g/mol. The van der Waals surface area contributed by atoms with E-state index in [0.717, 1.165) is 30.6 Å². The molecule has 1 aromatic heterocycles. The van der Waals surface area contributed by atoms with Crippen LogP contribution < -0.4 is 4.74 Å². The first-order valence-corrected chi connectivity index (χ1v) is 10.7. The molecule has 0 radical (unpaired) electrons. The van der Waals surface area contributed by atoms with E-state index in [0.29, 0.717) is 17.9 Å². The van der Waals surface area contributed by atoms with Crippen molar-refractivity contribution in [2.24, 2.45) is 0 Å². The lowest BCUT2D eigenvalue weighted by Gasteiger charge is -2.42. The summed E-state index contributed by atoms with van der Waals surface area (Å²) in [4.78, 5) is 16.1. The van der Waals surface area contributed by atoms with Gasteiger partial charge >= 0.3 is 5.97 Å². The van der Waals surface area contributed by atoms with Gasteiger partial charge < -0.3 is 9.47 Å². The summed E-state index contributed by atoms with van der Waals surface area (Å²) in [6, 6.07) is 7.82. The van der Waals surface area contributed by atoms with Gasteiger partial charge in [-0.15, -0.1) is 0 Å². The van der Waals surface area contributed by atoms with Crippen LogP contribution in [0.5, 0.6) is 5.75 Å². The van der Waals surface area contributed by atoms with E-state index in [2.05, 4.69) is 63.6 Å². The predicted molar refractivity (Wildman–Crippen MR) is 119 cm³/mol. The SMILES string of the molecule is CCCc1cc2c(cc1C#Cc1ccc(C(=O)OCC)cn1)C(C)(C)CC(C)(C)O2. The third-order valence-corrected chi connectivity index (χ3v) is 5.31. The normalized spacial score (nSPS) is 15.9. The number of aryl methyl sites for hydroxylation is 1. The van der Waals surface area contributed by atoms with Crippen LogP contribution in [0, 0.1) is 11.8 Å². The Balaban J connectivity index is 1.96. The Morgan fingerprint density at radius 2 is 1.93 bits per heavy atom. The largest absolute Gasteiger partial charge is 0.488 e. The van der Waals surface area contributed by atoms with Crippen molar-refractivity contribution in [1.82, 2.24) is 4.98 Å². The Morgan fingerprint density at radius 3 is 2.57 bits per heavy atom. The molecule has 4 heteroatoms. The molecule has 1 aliphatic heterocycles. The van der Waals surface area contributed by atoms with E-state index in [-0.39, 0.29) is 17.0 Å². The van der Waals surface area contributed by atoms with Gasteiger partial charge in [0.25, 0.3) is 0 Å². The van der Waals surface area contributed by atoms with Gasteiger partial charge in [0.1, 0.15) is 17.0 Å². The Morgan fingerprint density at radius 1 is 1.17 bits per heavy atom. The number of hydrogen-bond acceptors (Lipinski definition) is 4. The van der Waals surface area contributed by atoms with Gasteiger partial charge in [0.15, 0.2) is 0 Å². The predicted octanol–water partition coefficient (Wildman–Crippen LogP) is 5.45. The Kier molecular flexibility index (Phi) is 6.22. The van der Waals surface area contributed by atoms with Crippen LogP contribution in [0.2, 0.25) is 0 Å². The molecule has 1 aliphatic rings. The van der Waals surface area contributed by atoms with Crippen LogP contribution in [0.4, 0.5) is 0 Å². The fourth-order valence-electron chi connectivity index (χ4n) is 4.26. The van der Waals surface area contributed by atoms with Crippen molar-refractivity contribution in [1.29, 1.82) is 0 Å². The van der Waals surface area contributed by atoms with Crippen molar-refractivity contribution in [2.45, 2.75) is 71.8 Å². The zero-order valence-corrected chi connectivity index (χ0v) is 18.9. The summed E-state index contributed by atoms with van der Waals surface area (Å²) in [5, 5.41) is 0. The fraction of sp³-hybridized carbons (Fsp3) is 0.462. The van der Waals surface area contributed by atoms with E-state index in [1.807, 2.05) is 0 Å². The van der Waals surface area contributed by atoms with Crippen molar-refractivity contribution >= 4 is 5.97 Å². The molecule has 0 atom stereocenters. The Hall–Kier alpha value is -2.80. The smallest absolute Gasteiger partial charge is 0.339 e. The van der Waals surface area contributed by atoms with Crippen molar-refractivity contribution < 1.29 is 14.3 Å². The minimum absolute atomic E-state index is 0.0117. The van der Waals surface area contributed by atoms with Gasteiger partial charge in [-0.1, -0.05) is 33.1 Å². The number of ether oxygens (including phenoxy) is 2. The number of aromatic nitrogens is 1. The molecule has 2 heterocycles. The van der Waals surface area contributed by atoms with Crippen LogP contribution in [-0.4, -0.2) is 23.2 Å². The molecule has 158 valence electrons. The summed E-state index contributed by atoms with van der Waals surface area (Å²) in [6.45, 7) is 13.1. The highest BCUT2D eigenvalue weighted by molar-refractivity contribution is 5.89. The topological polar surface area (TPSA) is 48.4 Å². The number of benzene rings is 1. The van der Waals surface area contributed by atoms with E-state index in [1.165, 1.54) is 17.3 Å². The molecule has 0 fully saturated rings. The number of carbonyl (C=O) groups is 1. The van der Waals surface area contributed by atoms with Gasteiger partial charge in [-0.2, -0.15) is 0 Å². The van der Waals surface area contributed by atoms with Crippen molar-refractivity contribution in [2.75, 3.05) is 6.61 Å². The molecular formula is C26H31NO3. The van der Waals surface area contributed by atoms with Crippen LogP contribution in [-0.2, 0) is 16.6 Å². The van der Waals surface area contributed by atoms with Gasteiger partial charge in [0, 0.05) is 17.3 Å². The fourth-order valence-corrected chi connectivity index (χ4v) is 4.26. The first-order valence-electron chi connectivity index (χ1n) is 10.7. The van der Waals surface area contributed by atoms with Crippen LogP contribution >= 0.6 is 0 Å². The van der Waals surface area contributed by atoms with Gasteiger partial charge in [-0.05, 0) is 74.8 Å². The van der Waals surface area contributed by atoms with Gasteiger partial charge in [0.05, 0.1) is 12.2 Å². The van der Waals surface area contributed by atoms with Crippen LogP contribution in [0.15, 0.2) is 30.5 Å². The van der Waals surface area contributed by atoms with E-state index in [1.54, 1.807) is 19.1 Å². The molecule has 0 unspecified atom stereocenters. The molecule has 1 aromatic carbocycles. The highest BCUT2D eigenvalue weighted by Gasteiger charge is 2.39. The summed E-state index contributed by atoms with van der Waals surface area (Å²) < 4.78 is 11.3. The molecule has 3 rings (SSSR count). The summed E-state index contributed by atoms with van der Waals surface area (Å²) in [5.41, 5.74) is 4.31. The average Bonchev–Trinajstić information content (AvgIpc) is 2.66. The molecule has 0 spiro atoms. The van der Waals surface area contributed by atoms with Crippen LogP contribution in [0.3, 0.4) is 0 Å². The van der Waals surface area contributed by atoms with E-state index >= 15 is 0 Å². The maximum Gasteiger partial charge on any atom is 0.339 e. The molecule has 2 aromatic rings. The van der Waals surface area contributed by atoms with E-state index in [4.69, 9.17) is 9.47 Å². The summed E-state index contributed by atoms with van der Waals surface area (Å²) >= 11 is 0. The van der Waals surface area contributed by atoms with Crippen molar-refractivity contribution in [3.8, 4) is 17.6 Å². The number of nitrogens with zero attached hydrogens (tertiary/aromatic N) is 1. The zero-order valence-electron chi connectivity index (χ0n) is 18.9. The highest BCUT2D eigenvalue weighted by atomic mass is 16.5. The number of pyridine rings is 1. The second kappa shape index (κ2) is 8.52. The number of fused-ring (bicyclic) bond motifs is 1. The Labute approximate surface area is 180 Å². The number of esters is 1. The maximum atomic E-state index is 11.8. The second-order valence-electron chi connectivity index (χ2n) is 9.08. The molecule has 0 saturated heterocycles. The molecule has 0 N–H and O–H groups in total. The number of carbonyl (C=O) groups excluding carboxylic acids is 1. The molecular weight excluding hydrogens is 374 g/mol. The number of hydrogen-bond donors (Lipinski definition) is 0. The lowest BCUT2D eigenvalue weighted by Crippen LogP contribution is -2.41. The summed E-state index contributed by atoms with van der Waals surface area (Å²) in [5.74, 6) is 7.07. The van der Waals surface area contributed by atoms with Crippen LogP contribution in [0.1, 0.15) is 87.1 Å². The van der Waals surface area contributed by atoms with Crippen molar-refractivity contribution in [3.05, 3.63) is 58.4 Å². The van der Waals surface area contributed by atoms with E-state index < -0.39 is 0 Å². The Bertz CT molecular complexity index is 991. The molecule has 0 saturated carbocycles. The minimum atomic E-state index is -0.366. The lowest BCUT2D eigenvalue weighted by molar-refractivity contribution is 0.0521. The second-order valence-corrected chi connectivity index (χ2v) is 9.08. The van der Waals surface area contributed by atoms with Crippen LogP contribution in [0.25, 0.3) is 0 Å². The van der Waals surface area contributed by atoms with Crippen molar-refractivity contribution in [3.63, 3.8) is 0 Å². The zero-order chi connectivity index (χ0) is 21.9. The third-order valence-electron chi connectivity index (χ3n) is 5.31. The van der Waals surface area contributed by atoms with Gasteiger partial charge in [0.2, 0.25) is 0 Å². The summed E-state index contributed by atoms with van der Waals surface area (Å²) in [6.07, 6.45) is 4.44. The quantitative estimate of drug-likeness (QED) is 0.501. The molecule has 0 amide bonds. The van der Waals surface area contributed by atoms with Gasteiger partial charge in [-0.25, -0.2) is 9.78 Å². The summed E-state index contributed by atoms with van der Waals surface area (Å²) in [7, 11) is 0. The first-order chi connectivity index (χ1) is 14.1.